The molecule has 5 rings (SSSR count). The lowest BCUT2D eigenvalue weighted by Crippen LogP contribution is -2.49. The Kier molecular flexibility index (Phi) is 5.16. The van der Waals surface area contributed by atoms with E-state index in [1.54, 1.807) is 35.5 Å². The van der Waals surface area contributed by atoms with Gasteiger partial charge in [-0.2, -0.15) is 0 Å². The van der Waals surface area contributed by atoms with E-state index in [1.165, 1.54) is 6.07 Å². The molecule has 0 saturated carbocycles. The molecule has 0 N–H and O–H groups in total. The standard InChI is InChI=1S/C24H24N6O3/c1-15-16(2)30(14-25-15)23-13-22(26-17(3)27-23)28-8-10-29(11-9-28)24(32)21-12-19(31)18-6-4-5-7-20(18)33-21/h4-7,12-14H,8-11H2,1-3H3. The second kappa shape index (κ2) is 8.16. The number of rotatable bonds is 3. The molecule has 9 heteroatoms. The number of imidazole rings is 1. The summed E-state index contributed by atoms with van der Waals surface area (Å²) in [6.45, 7) is 8.06. The van der Waals surface area contributed by atoms with Crippen molar-refractivity contribution in [2.24, 2.45) is 0 Å². The lowest BCUT2D eigenvalue weighted by molar-refractivity contribution is 0.0715. The van der Waals surface area contributed by atoms with Crippen molar-refractivity contribution in [2.75, 3.05) is 31.1 Å². The van der Waals surface area contributed by atoms with Gasteiger partial charge in [-0.3, -0.25) is 14.2 Å². The number of carbonyl (C=O) groups is 1. The van der Waals surface area contributed by atoms with Crippen molar-refractivity contribution in [2.45, 2.75) is 20.8 Å². The number of amides is 1. The molecule has 0 aliphatic carbocycles. The fourth-order valence-electron chi connectivity index (χ4n) is 4.06. The monoisotopic (exact) mass is 444 g/mol. The van der Waals surface area contributed by atoms with Crippen LogP contribution in [0.3, 0.4) is 0 Å². The van der Waals surface area contributed by atoms with Gasteiger partial charge in [0.1, 0.15) is 29.4 Å². The minimum absolute atomic E-state index is 0.0678. The summed E-state index contributed by atoms with van der Waals surface area (Å²) in [5.41, 5.74) is 2.19. The summed E-state index contributed by atoms with van der Waals surface area (Å²) in [4.78, 5) is 42.8. The maximum atomic E-state index is 13.0. The van der Waals surface area contributed by atoms with E-state index in [2.05, 4.69) is 19.9 Å². The van der Waals surface area contributed by atoms with Crippen molar-refractivity contribution in [3.8, 4) is 5.82 Å². The second-order valence-electron chi connectivity index (χ2n) is 8.17. The van der Waals surface area contributed by atoms with Crippen LogP contribution in [0.25, 0.3) is 16.8 Å². The third-order valence-electron chi connectivity index (χ3n) is 6.05. The van der Waals surface area contributed by atoms with E-state index < -0.39 is 0 Å². The average Bonchev–Trinajstić information content (AvgIpc) is 3.16. The van der Waals surface area contributed by atoms with E-state index in [4.69, 9.17) is 4.42 Å². The van der Waals surface area contributed by atoms with Crippen molar-refractivity contribution < 1.29 is 9.21 Å². The Hall–Kier alpha value is -4.01. The molecule has 0 bridgehead atoms. The fourth-order valence-corrected chi connectivity index (χ4v) is 4.06. The van der Waals surface area contributed by atoms with Gasteiger partial charge in [0.15, 0.2) is 11.2 Å². The van der Waals surface area contributed by atoms with E-state index in [1.807, 2.05) is 31.4 Å². The molecule has 1 aliphatic heterocycles. The van der Waals surface area contributed by atoms with Gasteiger partial charge in [-0.05, 0) is 32.9 Å². The molecular formula is C24H24N6O3. The number of benzene rings is 1. The van der Waals surface area contributed by atoms with E-state index in [0.29, 0.717) is 43.0 Å². The largest absolute Gasteiger partial charge is 0.451 e. The van der Waals surface area contributed by atoms with Gasteiger partial charge in [0.05, 0.1) is 11.1 Å². The van der Waals surface area contributed by atoms with Gasteiger partial charge < -0.3 is 14.2 Å². The lowest BCUT2D eigenvalue weighted by Gasteiger charge is -2.35. The Morgan fingerprint density at radius 3 is 2.42 bits per heavy atom. The summed E-state index contributed by atoms with van der Waals surface area (Å²) in [6, 6.07) is 10.2. The van der Waals surface area contributed by atoms with Gasteiger partial charge in [0.25, 0.3) is 5.91 Å². The molecule has 1 amide bonds. The van der Waals surface area contributed by atoms with Crippen LogP contribution in [0, 0.1) is 20.8 Å². The zero-order valence-electron chi connectivity index (χ0n) is 18.8. The molecule has 1 fully saturated rings. The molecule has 0 unspecified atom stereocenters. The van der Waals surface area contributed by atoms with Crippen LogP contribution in [0.15, 0.2) is 51.9 Å². The first-order chi connectivity index (χ1) is 15.9. The number of nitrogens with zero attached hydrogens (tertiary/aromatic N) is 6. The number of hydrogen-bond acceptors (Lipinski definition) is 7. The molecule has 1 saturated heterocycles. The molecule has 3 aromatic heterocycles. The van der Waals surface area contributed by atoms with E-state index in [0.717, 1.165) is 23.0 Å². The summed E-state index contributed by atoms with van der Waals surface area (Å²) in [5.74, 6) is 2.05. The maximum absolute atomic E-state index is 13.0. The van der Waals surface area contributed by atoms with E-state index in [9.17, 15) is 9.59 Å². The number of para-hydroxylation sites is 1. The molecule has 1 aliphatic rings. The minimum Gasteiger partial charge on any atom is -0.451 e. The van der Waals surface area contributed by atoms with Gasteiger partial charge in [-0.1, -0.05) is 12.1 Å². The minimum atomic E-state index is -0.276. The molecular weight excluding hydrogens is 420 g/mol. The molecule has 0 radical (unpaired) electrons. The van der Waals surface area contributed by atoms with Crippen LogP contribution < -0.4 is 10.3 Å². The number of hydrogen-bond donors (Lipinski definition) is 0. The van der Waals surface area contributed by atoms with Crippen molar-refractivity contribution in [3.63, 3.8) is 0 Å². The Morgan fingerprint density at radius 2 is 1.70 bits per heavy atom. The molecule has 0 spiro atoms. The summed E-state index contributed by atoms with van der Waals surface area (Å²) >= 11 is 0. The van der Waals surface area contributed by atoms with Crippen LogP contribution in [0.4, 0.5) is 5.82 Å². The molecule has 33 heavy (non-hydrogen) atoms. The highest BCUT2D eigenvalue weighted by Crippen LogP contribution is 2.20. The molecule has 0 atom stereocenters. The maximum Gasteiger partial charge on any atom is 0.289 e. The zero-order chi connectivity index (χ0) is 23.1. The predicted molar refractivity (Wildman–Crippen MR) is 124 cm³/mol. The Morgan fingerprint density at radius 1 is 0.970 bits per heavy atom. The smallest absolute Gasteiger partial charge is 0.289 e. The average molecular weight is 444 g/mol. The molecule has 1 aromatic carbocycles. The van der Waals surface area contributed by atoms with Crippen LogP contribution in [-0.2, 0) is 0 Å². The van der Waals surface area contributed by atoms with Crippen LogP contribution in [0.2, 0.25) is 0 Å². The summed E-state index contributed by atoms with van der Waals surface area (Å²) in [7, 11) is 0. The van der Waals surface area contributed by atoms with Gasteiger partial charge in [0.2, 0.25) is 0 Å². The third kappa shape index (κ3) is 3.86. The van der Waals surface area contributed by atoms with E-state index in [-0.39, 0.29) is 17.1 Å². The Bertz CT molecular complexity index is 1420. The highest BCUT2D eigenvalue weighted by atomic mass is 16.3. The zero-order valence-corrected chi connectivity index (χ0v) is 18.8. The molecule has 168 valence electrons. The summed E-state index contributed by atoms with van der Waals surface area (Å²) < 4.78 is 7.68. The van der Waals surface area contributed by atoms with Gasteiger partial charge in [0, 0.05) is 44.0 Å². The molecule has 9 nitrogen and oxygen atoms in total. The number of anilines is 1. The van der Waals surface area contributed by atoms with Gasteiger partial charge in [-0.15, -0.1) is 0 Å². The molecule has 4 aromatic rings. The quantitative estimate of drug-likeness (QED) is 0.479. The fraction of sp³-hybridized carbons (Fsp3) is 0.292. The van der Waals surface area contributed by atoms with Crippen LogP contribution >= 0.6 is 0 Å². The van der Waals surface area contributed by atoms with Crippen LogP contribution in [0.5, 0.6) is 0 Å². The molecule has 4 heterocycles. The van der Waals surface area contributed by atoms with Crippen molar-refractivity contribution in [1.82, 2.24) is 24.4 Å². The number of piperazine rings is 1. The van der Waals surface area contributed by atoms with Gasteiger partial charge >= 0.3 is 0 Å². The van der Waals surface area contributed by atoms with Crippen LogP contribution in [0.1, 0.15) is 27.8 Å². The number of carbonyl (C=O) groups excluding carboxylic acids is 1. The van der Waals surface area contributed by atoms with Crippen molar-refractivity contribution >= 4 is 22.7 Å². The van der Waals surface area contributed by atoms with Crippen molar-refractivity contribution in [3.05, 3.63) is 75.9 Å². The normalized spacial score (nSPS) is 14.2. The predicted octanol–water partition coefficient (Wildman–Crippen LogP) is 2.66. The Balaban J connectivity index is 1.34. The second-order valence-corrected chi connectivity index (χ2v) is 8.17. The third-order valence-corrected chi connectivity index (χ3v) is 6.05. The number of aryl methyl sites for hydroxylation is 2. The van der Waals surface area contributed by atoms with Crippen LogP contribution in [-0.4, -0.2) is 56.5 Å². The summed E-state index contributed by atoms with van der Waals surface area (Å²) in [5, 5.41) is 0.470. The van der Waals surface area contributed by atoms with E-state index >= 15 is 0 Å². The highest BCUT2D eigenvalue weighted by Gasteiger charge is 2.25. The van der Waals surface area contributed by atoms with Gasteiger partial charge in [-0.25, -0.2) is 15.0 Å². The topological polar surface area (TPSA) is 97.4 Å². The SMILES string of the molecule is Cc1nc(N2CCN(C(=O)c3cc(=O)c4ccccc4o3)CC2)cc(-n2cnc(C)c2C)n1. The lowest BCUT2D eigenvalue weighted by atomic mass is 10.2. The van der Waals surface area contributed by atoms with Crippen molar-refractivity contribution in [1.29, 1.82) is 0 Å². The Labute approximate surface area is 190 Å². The number of aromatic nitrogens is 4. The first kappa shape index (κ1) is 20.9. The summed E-state index contributed by atoms with van der Waals surface area (Å²) in [6.07, 6.45) is 1.77. The first-order valence-corrected chi connectivity index (χ1v) is 10.8. The highest BCUT2D eigenvalue weighted by molar-refractivity contribution is 5.93. The number of fused-ring (bicyclic) bond motifs is 1. The first-order valence-electron chi connectivity index (χ1n) is 10.8.